The zero-order valence-corrected chi connectivity index (χ0v) is 17.0. The summed E-state index contributed by atoms with van der Waals surface area (Å²) in [6, 6.07) is 0.159. The lowest BCUT2D eigenvalue weighted by Crippen LogP contribution is -2.39. The van der Waals surface area contributed by atoms with E-state index < -0.39 is 0 Å². The second-order valence-corrected chi connectivity index (χ2v) is 5.82. The van der Waals surface area contributed by atoms with Crippen LogP contribution in [0.15, 0.2) is 0 Å². The lowest BCUT2D eigenvalue weighted by atomic mass is 10.1. The predicted octanol–water partition coefficient (Wildman–Crippen LogP) is 0.955. The van der Waals surface area contributed by atoms with E-state index in [1.165, 1.54) is 0 Å². The van der Waals surface area contributed by atoms with Crippen LogP contribution in [0.5, 0.6) is 0 Å². The molecule has 4 N–H and O–H groups in total. The smallest absolute Gasteiger partial charge is 0.335 e. The molecule has 0 bridgehead atoms. The molecule has 0 spiro atoms. The maximum absolute atomic E-state index is 11.1. The van der Waals surface area contributed by atoms with Crippen LogP contribution in [0.3, 0.4) is 0 Å². The van der Waals surface area contributed by atoms with E-state index in [1.807, 2.05) is 0 Å². The van der Waals surface area contributed by atoms with Gasteiger partial charge in [0.05, 0.1) is 26.4 Å². The molecular weight excluding hydrogens is 387 g/mol. The van der Waals surface area contributed by atoms with Crippen molar-refractivity contribution in [3.05, 3.63) is 0 Å². The fraction of sp³-hybridized carbons (Fsp3) is 0.875. The molecule has 2 aliphatic heterocycles. The first-order valence-electron chi connectivity index (χ1n) is 8.55. The van der Waals surface area contributed by atoms with Gasteiger partial charge in [0, 0.05) is 12.1 Å². The number of carbonyl (C=O) groups excluding carboxylic acids is 2. The molecular formula is C16H32Cl2N2O6. The Labute approximate surface area is 167 Å². The van der Waals surface area contributed by atoms with E-state index in [1.54, 1.807) is 13.8 Å². The zero-order chi connectivity index (χ0) is 17.9. The van der Waals surface area contributed by atoms with Crippen molar-refractivity contribution in [1.82, 2.24) is 0 Å². The largest absolute Gasteiger partial charge is 0.464 e. The van der Waals surface area contributed by atoms with Crippen LogP contribution in [0.4, 0.5) is 0 Å². The Morgan fingerprint density at radius 2 is 1.15 bits per heavy atom. The van der Waals surface area contributed by atoms with Crippen molar-refractivity contribution >= 4 is 36.8 Å². The van der Waals surface area contributed by atoms with E-state index in [2.05, 4.69) is 0 Å². The van der Waals surface area contributed by atoms with Crippen LogP contribution in [-0.4, -0.2) is 62.7 Å². The third-order valence-electron chi connectivity index (χ3n) is 3.72. The summed E-state index contributed by atoms with van der Waals surface area (Å²) in [5.41, 5.74) is 11.2. The van der Waals surface area contributed by atoms with Crippen LogP contribution in [0.2, 0.25) is 0 Å². The average molecular weight is 419 g/mol. The van der Waals surface area contributed by atoms with E-state index in [0.717, 1.165) is 12.8 Å². The van der Waals surface area contributed by atoms with Crippen molar-refractivity contribution in [3.8, 4) is 0 Å². The molecule has 10 heteroatoms. The topological polar surface area (TPSA) is 123 Å². The number of rotatable bonds is 4. The molecule has 8 nitrogen and oxygen atoms in total. The van der Waals surface area contributed by atoms with Crippen molar-refractivity contribution in [1.29, 1.82) is 0 Å². The van der Waals surface area contributed by atoms with Gasteiger partial charge in [0.15, 0.2) is 12.2 Å². The van der Waals surface area contributed by atoms with Crippen molar-refractivity contribution < 1.29 is 28.5 Å². The van der Waals surface area contributed by atoms with Crippen LogP contribution in [0.25, 0.3) is 0 Å². The maximum Gasteiger partial charge on any atom is 0.335 e. The minimum atomic E-state index is -0.384. The molecule has 26 heavy (non-hydrogen) atoms. The molecule has 0 radical (unpaired) electrons. The molecule has 0 amide bonds. The van der Waals surface area contributed by atoms with Gasteiger partial charge in [0.2, 0.25) is 0 Å². The summed E-state index contributed by atoms with van der Waals surface area (Å²) in [7, 11) is 0. The normalized spacial score (nSPS) is 27.5. The zero-order valence-electron chi connectivity index (χ0n) is 15.4. The van der Waals surface area contributed by atoms with Gasteiger partial charge in [-0.05, 0) is 39.5 Å². The molecule has 2 fully saturated rings. The van der Waals surface area contributed by atoms with Crippen molar-refractivity contribution in [2.24, 2.45) is 11.5 Å². The van der Waals surface area contributed by atoms with Crippen LogP contribution < -0.4 is 11.5 Å². The lowest BCUT2D eigenvalue weighted by Gasteiger charge is -2.24. The summed E-state index contributed by atoms with van der Waals surface area (Å²) < 4.78 is 20.0. The van der Waals surface area contributed by atoms with Crippen LogP contribution >= 0.6 is 24.8 Å². The Balaban J connectivity index is 0. The first-order valence-corrected chi connectivity index (χ1v) is 8.55. The van der Waals surface area contributed by atoms with Crippen molar-refractivity contribution in [2.75, 3.05) is 26.4 Å². The number of carbonyl (C=O) groups is 2. The lowest BCUT2D eigenvalue weighted by molar-refractivity contribution is -0.160. The highest BCUT2D eigenvalue weighted by atomic mass is 35.5. The van der Waals surface area contributed by atoms with Crippen LogP contribution in [0.1, 0.15) is 39.5 Å². The second kappa shape index (κ2) is 15.4. The summed E-state index contributed by atoms with van der Waals surface area (Å²) >= 11 is 0. The van der Waals surface area contributed by atoms with Gasteiger partial charge in [-0.3, -0.25) is 0 Å². The number of esters is 2. The van der Waals surface area contributed by atoms with E-state index >= 15 is 0 Å². The van der Waals surface area contributed by atoms with Gasteiger partial charge in [-0.2, -0.15) is 0 Å². The summed E-state index contributed by atoms with van der Waals surface area (Å²) in [6.07, 6.45) is 2.27. The Morgan fingerprint density at radius 1 is 0.808 bits per heavy atom. The molecule has 0 unspecified atom stereocenters. The standard InChI is InChI=1S/2C8H15NO3.2ClH/c2*1-2-11-8(10)7-4-3-6(9)5-12-7;;/h2*6-7H,2-5,9H2,1H3;2*1H/t2*6-,7-;;/m10../s1. The molecule has 0 aromatic rings. The molecule has 2 aliphatic rings. The Kier molecular flexibility index (Phi) is 16.4. The number of nitrogens with two attached hydrogens (primary N) is 2. The molecule has 156 valence electrons. The summed E-state index contributed by atoms with van der Waals surface area (Å²) in [5, 5.41) is 0. The first kappa shape index (κ1) is 27.6. The fourth-order valence-electron chi connectivity index (χ4n) is 2.39. The quantitative estimate of drug-likeness (QED) is 0.646. The SMILES string of the molecule is CCOC(=O)[C@@H]1CC[C@H](N)CO1.CCOC(=O)[C@H]1CC[C@@H](N)CO1.Cl.Cl. The average Bonchev–Trinajstić information content (AvgIpc) is 2.57. The van der Waals surface area contributed by atoms with E-state index in [9.17, 15) is 9.59 Å². The molecule has 0 aromatic heterocycles. The molecule has 0 saturated carbocycles. The highest BCUT2D eigenvalue weighted by molar-refractivity contribution is 5.85. The summed E-state index contributed by atoms with van der Waals surface area (Å²) in [4.78, 5) is 22.2. The molecule has 0 aromatic carbocycles. The monoisotopic (exact) mass is 418 g/mol. The highest BCUT2D eigenvalue weighted by Crippen LogP contribution is 2.14. The van der Waals surface area contributed by atoms with Crippen LogP contribution in [-0.2, 0) is 28.5 Å². The van der Waals surface area contributed by atoms with E-state index in [0.29, 0.717) is 39.3 Å². The number of halogens is 2. The number of ether oxygens (including phenoxy) is 4. The third-order valence-corrected chi connectivity index (χ3v) is 3.72. The fourth-order valence-corrected chi connectivity index (χ4v) is 2.39. The van der Waals surface area contributed by atoms with Gasteiger partial charge >= 0.3 is 11.9 Å². The Bertz CT molecular complexity index is 351. The van der Waals surface area contributed by atoms with Gasteiger partial charge < -0.3 is 30.4 Å². The first-order chi connectivity index (χ1) is 11.5. The van der Waals surface area contributed by atoms with Gasteiger partial charge in [-0.25, -0.2) is 9.59 Å². The maximum atomic E-state index is 11.1. The number of hydrogen-bond acceptors (Lipinski definition) is 8. The highest BCUT2D eigenvalue weighted by Gasteiger charge is 2.26. The number of hydrogen-bond donors (Lipinski definition) is 2. The van der Waals surface area contributed by atoms with Gasteiger partial charge in [0.25, 0.3) is 0 Å². The third kappa shape index (κ3) is 10.5. The minimum absolute atomic E-state index is 0. The van der Waals surface area contributed by atoms with Gasteiger partial charge in [-0.15, -0.1) is 24.8 Å². The van der Waals surface area contributed by atoms with Crippen molar-refractivity contribution in [3.63, 3.8) is 0 Å². The Hall–Kier alpha value is -0.640. The summed E-state index contributed by atoms with van der Waals surface area (Å²) in [6.45, 7) is 5.31. The van der Waals surface area contributed by atoms with E-state index in [-0.39, 0.29) is 61.0 Å². The van der Waals surface area contributed by atoms with Crippen molar-refractivity contribution in [2.45, 2.75) is 63.8 Å². The minimum Gasteiger partial charge on any atom is -0.464 e. The molecule has 2 rings (SSSR count). The predicted molar refractivity (Wildman–Crippen MR) is 102 cm³/mol. The molecule has 4 atom stereocenters. The second-order valence-electron chi connectivity index (χ2n) is 5.82. The molecule has 2 saturated heterocycles. The van der Waals surface area contributed by atoms with Crippen LogP contribution in [0, 0.1) is 0 Å². The van der Waals surface area contributed by atoms with E-state index in [4.69, 9.17) is 30.4 Å². The Morgan fingerprint density at radius 3 is 1.38 bits per heavy atom. The van der Waals surface area contributed by atoms with Gasteiger partial charge in [-0.1, -0.05) is 0 Å². The van der Waals surface area contributed by atoms with Gasteiger partial charge in [0.1, 0.15) is 0 Å². The molecule has 0 aliphatic carbocycles. The molecule has 2 heterocycles. The summed E-state index contributed by atoms with van der Waals surface area (Å²) in [5.74, 6) is -0.520.